The predicted molar refractivity (Wildman–Crippen MR) is 106 cm³/mol. The number of nitrogens with zero attached hydrogens (tertiary/aromatic N) is 4. The topological polar surface area (TPSA) is 41.4 Å². The lowest BCUT2D eigenvalue weighted by Gasteiger charge is -2.48. The highest BCUT2D eigenvalue weighted by atomic mass is 16.2. The van der Waals surface area contributed by atoms with Crippen molar-refractivity contribution in [2.75, 3.05) is 24.5 Å². The Morgan fingerprint density at radius 1 is 1.30 bits per heavy atom. The van der Waals surface area contributed by atoms with Crippen LogP contribution < -0.4 is 4.90 Å². The highest BCUT2D eigenvalue weighted by Crippen LogP contribution is 2.47. The van der Waals surface area contributed by atoms with Crippen molar-refractivity contribution >= 4 is 11.6 Å². The number of carbonyl (C=O) groups is 1. The zero-order valence-electron chi connectivity index (χ0n) is 16.3. The summed E-state index contributed by atoms with van der Waals surface area (Å²) in [4.78, 5) is 22.3. The molecule has 0 N–H and O–H groups in total. The number of pyridine rings is 1. The molecule has 1 spiro atoms. The molecule has 0 aromatic carbocycles. The Bertz CT molecular complexity index is 869. The van der Waals surface area contributed by atoms with Gasteiger partial charge in [-0.1, -0.05) is 20.3 Å². The van der Waals surface area contributed by atoms with Crippen molar-refractivity contribution in [3.8, 4) is 5.82 Å². The van der Waals surface area contributed by atoms with E-state index in [2.05, 4.69) is 52.6 Å². The number of carbonyl (C=O) groups excluding carboxylic acids is 1. The summed E-state index contributed by atoms with van der Waals surface area (Å²) in [6.45, 7) is 7.14. The molecule has 2 aromatic rings. The van der Waals surface area contributed by atoms with Gasteiger partial charge in [-0.2, -0.15) is 0 Å². The molecule has 1 saturated heterocycles. The van der Waals surface area contributed by atoms with Crippen molar-refractivity contribution in [1.29, 1.82) is 0 Å². The van der Waals surface area contributed by atoms with E-state index < -0.39 is 0 Å². The van der Waals surface area contributed by atoms with Crippen LogP contribution in [0.5, 0.6) is 0 Å². The third kappa shape index (κ3) is 2.43. The molecular weight excluding hydrogens is 336 g/mol. The first-order valence-corrected chi connectivity index (χ1v) is 10.3. The molecule has 5 rings (SSSR count). The van der Waals surface area contributed by atoms with Crippen molar-refractivity contribution in [2.24, 2.45) is 11.8 Å². The lowest BCUT2D eigenvalue weighted by atomic mass is 9.84. The third-order valence-electron chi connectivity index (χ3n) is 6.59. The number of likely N-dealkylation sites (tertiary alicyclic amines) is 1. The minimum atomic E-state index is -0.150. The normalized spacial score (nSPS) is 24.3. The molecule has 1 aliphatic carbocycles. The molecule has 1 amide bonds. The van der Waals surface area contributed by atoms with Crippen molar-refractivity contribution in [2.45, 2.75) is 45.1 Å². The Kier molecular flexibility index (Phi) is 3.81. The fourth-order valence-electron chi connectivity index (χ4n) is 5.06. The van der Waals surface area contributed by atoms with Crippen molar-refractivity contribution in [3.05, 3.63) is 42.4 Å². The van der Waals surface area contributed by atoms with E-state index in [-0.39, 0.29) is 11.5 Å². The van der Waals surface area contributed by atoms with E-state index >= 15 is 0 Å². The zero-order valence-corrected chi connectivity index (χ0v) is 16.3. The summed E-state index contributed by atoms with van der Waals surface area (Å²) >= 11 is 0. The molecule has 2 aliphatic heterocycles. The molecule has 2 fully saturated rings. The van der Waals surface area contributed by atoms with E-state index in [4.69, 9.17) is 4.98 Å². The van der Waals surface area contributed by atoms with Gasteiger partial charge in [-0.15, -0.1) is 0 Å². The molecular formula is C22H28N4O. The number of aromatic nitrogens is 2. The van der Waals surface area contributed by atoms with Gasteiger partial charge >= 0.3 is 0 Å². The number of rotatable bonds is 3. The summed E-state index contributed by atoms with van der Waals surface area (Å²) in [5, 5.41) is 0. The molecule has 0 unspecified atom stereocenters. The molecule has 0 radical (unpaired) electrons. The molecule has 2 aromatic heterocycles. The maximum Gasteiger partial charge on any atom is 0.225 e. The van der Waals surface area contributed by atoms with Gasteiger partial charge in [-0.25, -0.2) is 4.98 Å². The van der Waals surface area contributed by atoms with Crippen LogP contribution in [-0.2, 0) is 10.3 Å². The molecule has 5 heteroatoms. The van der Waals surface area contributed by atoms with Gasteiger partial charge in [0.2, 0.25) is 5.91 Å². The van der Waals surface area contributed by atoms with Crippen LogP contribution in [-0.4, -0.2) is 40.0 Å². The van der Waals surface area contributed by atoms with Crippen molar-refractivity contribution < 1.29 is 4.79 Å². The third-order valence-corrected chi connectivity index (χ3v) is 6.59. The first-order chi connectivity index (χ1) is 13.1. The summed E-state index contributed by atoms with van der Waals surface area (Å²) in [6, 6.07) is 8.56. The molecule has 0 bridgehead atoms. The Balaban J connectivity index is 1.59. The summed E-state index contributed by atoms with van der Waals surface area (Å²) in [7, 11) is 0. The monoisotopic (exact) mass is 364 g/mol. The van der Waals surface area contributed by atoms with E-state index in [9.17, 15) is 4.79 Å². The van der Waals surface area contributed by atoms with Crippen LogP contribution in [0.3, 0.4) is 0 Å². The zero-order chi connectivity index (χ0) is 18.6. The van der Waals surface area contributed by atoms with Crippen LogP contribution in [0, 0.1) is 11.8 Å². The van der Waals surface area contributed by atoms with Crippen molar-refractivity contribution in [1.82, 2.24) is 14.5 Å². The van der Waals surface area contributed by atoms with E-state index in [1.54, 1.807) is 0 Å². The van der Waals surface area contributed by atoms with Crippen LogP contribution in [0.25, 0.3) is 5.82 Å². The van der Waals surface area contributed by atoms with Crippen LogP contribution in [0.15, 0.2) is 36.7 Å². The van der Waals surface area contributed by atoms with Gasteiger partial charge in [0, 0.05) is 37.9 Å². The maximum atomic E-state index is 13.0. The summed E-state index contributed by atoms with van der Waals surface area (Å²) in [6.07, 6.45) is 8.32. The first kappa shape index (κ1) is 16.8. The molecule has 3 aliphatic rings. The Labute approximate surface area is 161 Å². The van der Waals surface area contributed by atoms with Crippen LogP contribution in [0.2, 0.25) is 0 Å². The average Bonchev–Trinajstić information content (AvgIpc) is 3.25. The van der Waals surface area contributed by atoms with Gasteiger partial charge in [-0.05, 0) is 49.4 Å². The fourth-order valence-corrected chi connectivity index (χ4v) is 5.06. The molecule has 142 valence electrons. The Hall–Kier alpha value is -2.30. The number of hydrogen-bond acceptors (Lipinski definition) is 3. The second kappa shape index (κ2) is 6.11. The van der Waals surface area contributed by atoms with Crippen LogP contribution in [0.4, 0.5) is 5.69 Å². The number of hydrogen-bond donors (Lipinski definition) is 0. The van der Waals surface area contributed by atoms with Crippen LogP contribution in [0.1, 0.15) is 45.2 Å². The molecule has 27 heavy (non-hydrogen) atoms. The van der Waals surface area contributed by atoms with Gasteiger partial charge in [0.25, 0.3) is 0 Å². The lowest BCUT2D eigenvalue weighted by molar-refractivity contribution is -0.137. The number of anilines is 1. The van der Waals surface area contributed by atoms with Crippen molar-refractivity contribution in [3.63, 3.8) is 0 Å². The standard InChI is InChI=1S/C22H28N4O/c1-16(2)14-26-18-8-4-11-23-20(18)25-12-5-9-19(25)22(26)10-13-24(15-22)21(27)17-6-3-7-17/h4-5,8-9,11-12,16-17H,3,6-7,10,13-15H2,1-2H3/t22-/m0/s1. The van der Waals surface area contributed by atoms with Gasteiger partial charge < -0.3 is 14.4 Å². The summed E-state index contributed by atoms with van der Waals surface area (Å²) in [5.74, 6) is 2.18. The number of amides is 1. The smallest absolute Gasteiger partial charge is 0.225 e. The summed E-state index contributed by atoms with van der Waals surface area (Å²) in [5.41, 5.74) is 2.31. The van der Waals surface area contributed by atoms with E-state index in [0.717, 1.165) is 44.7 Å². The molecule has 5 nitrogen and oxygen atoms in total. The average molecular weight is 364 g/mol. The minimum Gasteiger partial charge on any atom is -0.355 e. The minimum absolute atomic E-state index is 0.150. The number of fused-ring (bicyclic) bond motifs is 4. The van der Waals surface area contributed by atoms with E-state index in [1.165, 1.54) is 17.8 Å². The van der Waals surface area contributed by atoms with Gasteiger partial charge in [-0.3, -0.25) is 4.79 Å². The van der Waals surface area contributed by atoms with Crippen LogP contribution >= 0.6 is 0 Å². The van der Waals surface area contributed by atoms with Gasteiger partial charge in [0.1, 0.15) is 5.54 Å². The van der Waals surface area contributed by atoms with E-state index in [1.807, 2.05) is 12.3 Å². The van der Waals surface area contributed by atoms with Gasteiger partial charge in [0.15, 0.2) is 5.82 Å². The molecule has 1 saturated carbocycles. The summed E-state index contributed by atoms with van der Waals surface area (Å²) < 4.78 is 2.24. The molecule has 4 heterocycles. The first-order valence-electron chi connectivity index (χ1n) is 10.3. The Morgan fingerprint density at radius 3 is 2.89 bits per heavy atom. The van der Waals surface area contributed by atoms with E-state index in [0.29, 0.717) is 11.8 Å². The highest BCUT2D eigenvalue weighted by molar-refractivity contribution is 5.80. The Morgan fingerprint density at radius 2 is 2.15 bits per heavy atom. The second-order valence-corrected chi connectivity index (χ2v) is 8.78. The largest absolute Gasteiger partial charge is 0.355 e. The fraction of sp³-hybridized carbons (Fsp3) is 0.545. The molecule has 1 atom stereocenters. The predicted octanol–water partition coefficient (Wildman–Crippen LogP) is 3.58. The second-order valence-electron chi connectivity index (χ2n) is 8.78. The SMILES string of the molecule is CC(C)CN1c2cccnc2-n2cccc2[C@@]12CCN(C(=O)C1CCC1)C2. The highest BCUT2D eigenvalue weighted by Gasteiger charge is 2.51. The maximum absolute atomic E-state index is 13.0. The quantitative estimate of drug-likeness (QED) is 0.836. The lowest BCUT2D eigenvalue weighted by Crippen LogP contribution is -2.54. The van der Waals surface area contributed by atoms with Gasteiger partial charge in [0.05, 0.1) is 11.4 Å².